The molecule has 13 heavy (non-hydrogen) atoms. The second-order valence-electron chi connectivity index (χ2n) is 3.45. The Morgan fingerprint density at radius 3 is 2.77 bits per heavy atom. The van der Waals surface area contributed by atoms with Crippen molar-refractivity contribution in [2.45, 2.75) is 32.1 Å². The Morgan fingerprint density at radius 1 is 1.15 bits per heavy atom. The number of rotatable bonds is 0. The van der Waals surface area contributed by atoms with E-state index in [0.717, 1.165) is 6.54 Å². The SMILES string of the molecule is C1CCC2=NCCCN2CC1.[2H][B].[U]. The summed E-state index contributed by atoms with van der Waals surface area (Å²) in [6.07, 6.45) is 6.63. The molecule has 70 valence electrons. The maximum absolute atomic E-state index is 5.25. The number of aliphatic imine (C=N–C) groups is 1. The Hall–Kier alpha value is 0.587. The molecule has 0 amide bonds. The van der Waals surface area contributed by atoms with Crippen LogP contribution in [-0.4, -0.2) is 40.1 Å². The van der Waals surface area contributed by atoms with E-state index < -0.39 is 0 Å². The van der Waals surface area contributed by atoms with Gasteiger partial charge < -0.3 is 4.90 Å². The van der Waals surface area contributed by atoms with Crippen LogP contribution in [0.4, 0.5) is 0 Å². The fourth-order valence-electron chi connectivity index (χ4n) is 1.94. The first-order valence-corrected chi connectivity index (χ1v) is 4.75. The van der Waals surface area contributed by atoms with E-state index in [-0.39, 0.29) is 31.1 Å². The third-order valence-corrected chi connectivity index (χ3v) is 2.57. The first kappa shape index (κ1) is 11.7. The molecule has 0 aromatic carbocycles. The van der Waals surface area contributed by atoms with Crippen molar-refractivity contribution in [3.8, 4) is 0 Å². The zero-order valence-corrected chi connectivity index (χ0v) is 12.3. The molecule has 1 fully saturated rings. The molecule has 2 rings (SSSR count). The maximum Gasteiger partial charge on any atom is 0.0988 e. The van der Waals surface area contributed by atoms with Gasteiger partial charge >= 0.3 is 0 Å². The Morgan fingerprint density at radius 2 is 1.92 bits per heavy atom. The van der Waals surface area contributed by atoms with E-state index in [9.17, 15) is 0 Å². The summed E-state index contributed by atoms with van der Waals surface area (Å²) in [4.78, 5) is 7.04. The summed E-state index contributed by atoms with van der Waals surface area (Å²) in [5.41, 5.74) is 0. The molecule has 2 nitrogen and oxygen atoms in total. The van der Waals surface area contributed by atoms with Crippen LogP contribution in [0.25, 0.3) is 0 Å². The summed E-state index contributed by atoms with van der Waals surface area (Å²) in [5.74, 6) is 1.40. The predicted octanol–water partition coefficient (Wildman–Crippen LogP) is 1.02. The molecule has 2 aliphatic rings. The van der Waals surface area contributed by atoms with Gasteiger partial charge in [0.15, 0.2) is 0 Å². The second-order valence-corrected chi connectivity index (χ2v) is 3.45. The van der Waals surface area contributed by atoms with Crippen LogP contribution in [0, 0.1) is 31.1 Å². The van der Waals surface area contributed by atoms with Gasteiger partial charge in [-0.05, 0) is 20.6 Å². The van der Waals surface area contributed by atoms with Crippen molar-refractivity contribution >= 4 is 14.2 Å². The topological polar surface area (TPSA) is 15.6 Å². The first-order chi connectivity index (χ1) is 6.47. The van der Waals surface area contributed by atoms with Crippen molar-refractivity contribution in [1.82, 2.24) is 4.90 Å². The smallest absolute Gasteiger partial charge is 0.0988 e. The molecule has 2 aliphatic heterocycles. The molecule has 0 saturated carbocycles. The normalized spacial score (nSPS) is 22.0. The molecule has 0 bridgehead atoms. The van der Waals surface area contributed by atoms with Crippen molar-refractivity contribution in [3.05, 3.63) is 0 Å². The number of fused-ring (bicyclic) bond motifs is 1. The number of nitrogens with zero attached hydrogens (tertiary/aromatic N) is 2. The Labute approximate surface area is 108 Å². The summed E-state index contributed by atoms with van der Waals surface area (Å²) in [6.45, 7) is 3.60. The van der Waals surface area contributed by atoms with Gasteiger partial charge in [-0.15, -0.1) is 0 Å². The third kappa shape index (κ3) is 3.68. The molecule has 2 heterocycles. The average Bonchev–Trinajstić information content (AvgIpc) is 2.45. The number of hydrogen-bond acceptors (Lipinski definition) is 2. The quantitative estimate of drug-likeness (QED) is 0.552. The Bertz CT molecular complexity index is 178. The van der Waals surface area contributed by atoms with Gasteiger partial charge in [0, 0.05) is 65.5 Å². The van der Waals surface area contributed by atoms with Crippen LogP contribution in [0.3, 0.4) is 0 Å². The molecule has 0 N–H and O–H groups in total. The molecule has 4 heteroatoms. The molecule has 0 aliphatic carbocycles. The molecule has 0 atom stereocenters. The van der Waals surface area contributed by atoms with Crippen LogP contribution in [0.15, 0.2) is 4.99 Å². The van der Waals surface area contributed by atoms with Crippen LogP contribution in [-0.2, 0) is 0 Å². The molecule has 0 aromatic rings. The van der Waals surface area contributed by atoms with E-state index in [1.165, 1.54) is 51.0 Å². The van der Waals surface area contributed by atoms with Crippen LogP contribution in [0.2, 0.25) is 0 Å². The van der Waals surface area contributed by atoms with E-state index in [2.05, 4.69) is 18.3 Å². The van der Waals surface area contributed by atoms with Crippen molar-refractivity contribution in [1.29, 1.82) is 1.34 Å². The molecule has 0 unspecified atom stereocenters. The zero-order valence-electron chi connectivity index (χ0n) is 9.13. The Balaban J connectivity index is 0.000000531. The summed E-state index contributed by atoms with van der Waals surface area (Å²) in [7, 11) is 3.75. The van der Waals surface area contributed by atoms with Crippen molar-refractivity contribution in [2.75, 3.05) is 19.6 Å². The van der Waals surface area contributed by atoms with Crippen LogP contribution in [0.5, 0.6) is 0 Å². The second kappa shape index (κ2) is 6.96. The number of amidine groups is 1. The maximum atomic E-state index is 5.25. The van der Waals surface area contributed by atoms with Gasteiger partial charge in [0.1, 0.15) is 0 Å². The van der Waals surface area contributed by atoms with Crippen molar-refractivity contribution in [3.63, 3.8) is 0 Å². The van der Waals surface area contributed by atoms with Gasteiger partial charge in [-0.25, -0.2) is 0 Å². The van der Waals surface area contributed by atoms with E-state index >= 15 is 0 Å². The minimum absolute atomic E-state index is 0. The molecular weight excluding hydrogens is 385 g/mol. The fourth-order valence-corrected chi connectivity index (χ4v) is 1.94. The van der Waals surface area contributed by atoms with E-state index in [1.54, 1.807) is 0 Å². The van der Waals surface area contributed by atoms with Gasteiger partial charge in [0.25, 0.3) is 0 Å². The predicted molar refractivity (Wildman–Crippen MR) is 54.1 cm³/mol. The van der Waals surface area contributed by atoms with Gasteiger partial charge in [-0.2, -0.15) is 0 Å². The van der Waals surface area contributed by atoms with Gasteiger partial charge in [-0.1, -0.05) is 6.42 Å². The van der Waals surface area contributed by atoms with Gasteiger partial charge in [0.05, 0.1) is 5.84 Å². The van der Waals surface area contributed by atoms with Crippen LogP contribution < -0.4 is 0 Å². The first-order valence-electron chi connectivity index (χ1n) is 5.33. The van der Waals surface area contributed by atoms with Crippen LogP contribution >= 0.6 is 0 Å². The summed E-state index contributed by atoms with van der Waals surface area (Å²) >= 11 is 0. The largest absolute Gasteiger partial charge is 0.360 e. The standard InChI is InChI=1S/C9H16N2.BH.U/c1-2-5-9-10-6-4-8-11(9)7-3-1;;/h1-8H2;1H;/i;1D;. The van der Waals surface area contributed by atoms with Crippen molar-refractivity contribution < 1.29 is 31.1 Å². The molecule has 1 saturated heterocycles. The summed E-state index contributed by atoms with van der Waals surface area (Å²) in [6, 6.07) is 0. The van der Waals surface area contributed by atoms with Gasteiger partial charge in [0.2, 0.25) is 0 Å². The fraction of sp³-hybridized carbons (Fsp3) is 0.889. The van der Waals surface area contributed by atoms with E-state index in [4.69, 9.17) is 1.34 Å². The molecule has 0 aromatic heterocycles. The van der Waals surface area contributed by atoms with E-state index in [0.29, 0.717) is 0 Å². The Kier molecular flexibility index (Phi) is 6.24. The molecule has 2 radical (unpaired) electrons. The van der Waals surface area contributed by atoms with E-state index in [1.807, 2.05) is 0 Å². The average molecular weight is 403 g/mol. The number of hydrogen-bond donors (Lipinski definition) is 0. The van der Waals surface area contributed by atoms with Crippen LogP contribution in [0.1, 0.15) is 32.1 Å². The molecule has 0 spiro atoms. The minimum Gasteiger partial charge on any atom is -0.360 e. The minimum atomic E-state index is 0. The monoisotopic (exact) mass is 403 g/mol. The summed E-state index contributed by atoms with van der Waals surface area (Å²) in [5, 5.41) is 0. The zero-order chi connectivity index (χ0) is 9.52. The van der Waals surface area contributed by atoms with Crippen molar-refractivity contribution in [2.24, 2.45) is 4.99 Å². The van der Waals surface area contributed by atoms with Gasteiger partial charge in [-0.3, -0.25) is 4.99 Å². The molecular formula is C9H17BN2U. The summed E-state index contributed by atoms with van der Waals surface area (Å²) < 4.78 is 5.25. The third-order valence-electron chi connectivity index (χ3n) is 2.57.